The first kappa shape index (κ1) is 15.0. The Balaban J connectivity index is 3.04. The summed E-state index contributed by atoms with van der Waals surface area (Å²) in [7, 11) is 0. The van der Waals surface area contributed by atoms with E-state index in [2.05, 4.69) is 26.1 Å². The second-order valence-corrected chi connectivity index (χ2v) is 5.70. The summed E-state index contributed by atoms with van der Waals surface area (Å²) in [4.78, 5) is 26.3. The summed E-state index contributed by atoms with van der Waals surface area (Å²) in [5.74, 6) is 0.457. The van der Waals surface area contributed by atoms with E-state index in [1.807, 2.05) is 18.7 Å². The average Bonchev–Trinajstić information content (AvgIpc) is 2.41. The number of amides is 2. The maximum absolute atomic E-state index is 12.7. The lowest BCUT2D eigenvalue weighted by molar-refractivity contribution is -0.141. The molecule has 1 aliphatic rings. The normalized spacial score (nSPS) is 27.1. The molecule has 1 saturated heterocycles. The molecule has 0 aliphatic carbocycles. The predicted octanol–water partition coefficient (Wildman–Crippen LogP) is 1.94. The first-order valence-electron chi connectivity index (χ1n) is 6.97. The van der Waals surface area contributed by atoms with E-state index in [0.29, 0.717) is 25.3 Å². The fourth-order valence-electron chi connectivity index (χ4n) is 2.67. The molecule has 0 aromatic carbocycles. The van der Waals surface area contributed by atoms with E-state index >= 15 is 0 Å². The molecule has 1 aliphatic heterocycles. The minimum absolute atomic E-state index is 0.0196. The molecule has 2 unspecified atom stereocenters. The van der Waals surface area contributed by atoms with Gasteiger partial charge in [-0.15, -0.1) is 0 Å². The summed E-state index contributed by atoms with van der Waals surface area (Å²) in [6, 6.07) is 0.219. The van der Waals surface area contributed by atoms with Crippen LogP contribution in [-0.2, 0) is 9.59 Å². The van der Waals surface area contributed by atoms with Gasteiger partial charge in [0.25, 0.3) is 0 Å². The van der Waals surface area contributed by atoms with Gasteiger partial charge in [0.15, 0.2) is 0 Å². The fourth-order valence-corrected chi connectivity index (χ4v) is 2.67. The second kappa shape index (κ2) is 5.72. The Hall–Kier alpha value is -1.06. The molecule has 1 fully saturated rings. The molecule has 0 aromatic heterocycles. The third-order valence-corrected chi connectivity index (χ3v) is 4.02. The standard InChI is InChI=1S/C14H26N2O2/c1-6-11(10(3)4)16-9-8-12(17)15-14(5,7-2)13(16)18/h10-11H,6-9H2,1-5H3,(H,15,17). The summed E-state index contributed by atoms with van der Waals surface area (Å²) >= 11 is 0. The number of nitrogens with zero attached hydrogens (tertiary/aromatic N) is 1. The van der Waals surface area contributed by atoms with Gasteiger partial charge in [0.1, 0.15) is 5.54 Å². The van der Waals surface area contributed by atoms with Crippen molar-refractivity contribution < 1.29 is 9.59 Å². The van der Waals surface area contributed by atoms with E-state index in [9.17, 15) is 9.59 Å². The van der Waals surface area contributed by atoms with Crippen LogP contribution in [0.4, 0.5) is 0 Å². The third kappa shape index (κ3) is 2.85. The van der Waals surface area contributed by atoms with Crippen LogP contribution in [0.5, 0.6) is 0 Å². The second-order valence-electron chi connectivity index (χ2n) is 5.70. The molecule has 1 rings (SSSR count). The highest BCUT2D eigenvalue weighted by Gasteiger charge is 2.41. The Bertz CT molecular complexity index is 328. The Morgan fingerprint density at radius 2 is 1.94 bits per heavy atom. The van der Waals surface area contributed by atoms with Crippen LogP contribution in [0.2, 0.25) is 0 Å². The Kier molecular flexibility index (Phi) is 4.77. The van der Waals surface area contributed by atoms with E-state index in [1.54, 1.807) is 0 Å². The van der Waals surface area contributed by atoms with Crippen molar-refractivity contribution in [1.29, 1.82) is 0 Å². The number of hydrogen-bond acceptors (Lipinski definition) is 2. The maximum Gasteiger partial charge on any atom is 0.248 e. The first-order chi connectivity index (χ1) is 8.35. The maximum atomic E-state index is 12.7. The van der Waals surface area contributed by atoms with Crippen molar-refractivity contribution in [2.45, 2.75) is 65.5 Å². The molecule has 2 amide bonds. The summed E-state index contributed by atoms with van der Waals surface area (Å²) in [5.41, 5.74) is -0.740. The molecule has 104 valence electrons. The lowest BCUT2D eigenvalue weighted by Gasteiger charge is -2.37. The van der Waals surface area contributed by atoms with Gasteiger partial charge in [-0.1, -0.05) is 27.7 Å². The monoisotopic (exact) mass is 254 g/mol. The number of hydrogen-bond donors (Lipinski definition) is 1. The summed E-state index contributed by atoms with van der Waals surface area (Å²) in [5, 5.41) is 2.87. The molecule has 1 heterocycles. The van der Waals surface area contributed by atoms with Gasteiger partial charge in [-0.05, 0) is 25.7 Å². The summed E-state index contributed by atoms with van der Waals surface area (Å²) < 4.78 is 0. The SMILES string of the molecule is CCC(C(C)C)N1CCC(=O)NC(C)(CC)C1=O. The van der Waals surface area contributed by atoms with Crippen molar-refractivity contribution in [2.24, 2.45) is 5.92 Å². The van der Waals surface area contributed by atoms with Crippen molar-refractivity contribution >= 4 is 11.8 Å². The molecule has 4 nitrogen and oxygen atoms in total. The van der Waals surface area contributed by atoms with Gasteiger partial charge >= 0.3 is 0 Å². The molecule has 0 bridgehead atoms. The van der Waals surface area contributed by atoms with Gasteiger partial charge < -0.3 is 10.2 Å². The zero-order valence-corrected chi connectivity index (χ0v) is 12.2. The molecular formula is C14H26N2O2. The molecule has 18 heavy (non-hydrogen) atoms. The predicted molar refractivity (Wildman–Crippen MR) is 72.1 cm³/mol. The van der Waals surface area contributed by atoms with Crippen LogP contribution >= 0.6 is 0 Å². The van der Waals surface area contributed by atoms with Gasteiger partial charge in [0, 0.05) is 19.0 Å². The molecule has 0 radical (unpaired) electrons. The van der Waals surface area contributed by atoms with Crippen LogP contribution in [0.25, 0.3) is 0 Å². The van der Waals surface area contributed by atoms with Crippen molar-refractivity contribution in [3.63, 3.8) is 0 Å². The smallest absolute Gasteiger partial charge is 0.248 e. The largest absolute Gasteiger partial charge is 0.342 e. The van der Waals surface area contributed by atoms with Crippen molar-refractivity contribution in [3.8, 4) is 0 Å². The summed E-state index contributed by atoms with van der Waals surface area (Å²) in [6.07, 6.45) is 1.96. The third-order valence-electron chi connectivity index (χ3n) is 4.02. The van der Waals surface area contributed by atoms with Gasteiger partial charge in [-0.3, -0.25) is 9.59 Å². The van der Waals surface area contributed by atoms with Gasteiger partial charge in [-0.25, -0.2) is 0 Å². The van der Waals surface area contributed by atoms with Crippen LogP contribution in [0.3, 0.4) is 0 Å². The highest BCUT2D eigenvalue weighted by molar-refractivity contribution is 5.93. The minimum Gasteiger partial charge on any atom is -0.342 e. The Labute approximate surface area is 110 Å². The van der Waals surface area contributed by atoms with Crippen molar-refractivity contribution in [3.05, 3.63) is 0 Å². The Morgan fingerprint density at radius 1 is 1.33 bits per heavy atom. The minimum atomic E-state index is -0.740. The lowest BCUT2D eigenvalue weighted by atomic mass is 9.93. The zero-order valence-electron chi connectivity index (χ0n) is 12.2. The van der Waals surface area contributed by atoms with Gasteiger partial charge in [0.05, 0.1) is 0 Å². The number of carbonyl (C=O) groups is 2. The quantitative estimate of drug-likeness (QED) is 0.833. The van der Waals surface area contributed by atoms with Gasteiger partial charge in [-0.2, -0.15) is 0 Å². The first-order valence-corrected chi connectivity index (χ1v) is 6.97. The molecule has 0 spiro atoms. The number of carbonyl (C=O) groups excluding carboxylic acids is 2. The number of nitrogens with one attached hydrogen (secondary N) is 1. The van der Waals surface area contributed by atoms with E-state index in [-0.39, 0.29) is 17.9 Å². The van der Waals surface area contributed by atoms with Crippen LogP contribution < -0.4 is 5.32 Å². The fraction of sp³-hybridized carbons (Fsp3) is 0.857. The topological polar surface area (TPSA) is 49.4 Å². The highest BCUT2D eigenvalue weighted by Crippen LogP contribution is 2.23. The average molecular weight is 254 g/mol. The van der Waals surface area contributed by atoms with Crippen molar-refractivity contribution in [1.82, 2.24) is 10.2 Å². The lowest BCUT2D eigenvalue weighted by Crippen LogP contribution is -2.57. The number of rotatable bonds is 4. The molecule has 0 saturated carbocycles. The van der Waals surface area contributed by atoms with E-state index in [1.165, 1.54) is 0 Å². The zero-order chi connectivity index (χ0) is 13.9. The Morgan fingerprint density at radius 3 is 2.39 bits per heavy atom. The molecular weight excluding hydrogens is 228 g/mol. The molecule has 1 N–H and O–H groups in total. The van der Waals surface area contributed by atoms with Crippen LogP contribution in [0.15, 0.2) is 0 Å². The van der Waals surface area contributed by atoms with Crippen molar-refractivity contribution in [2.75, 3.05) is 6.54 Å². The highest BCUT2D eigenvalue weighted by atomic mass is 16.2. The van der Waals surface area contributed by atoms with E-state index in [0.717, 1.165) is 6.42 Å². The molecule has 0 aromatic rings. The van der Waals surface area contributed by atoms with Crippen LogP contribution in [0, 0.1) is 5.92 Å². The van der Waals surface area contributed by atoms with Crippen LogP contribution in [-0.4, -0.2) is 34.8 Å². The summed E-state index contributed by atoms with van der Waals surface area (Å²) in [6.45, 7) is 10.7. The van der Waals surface area contributed by atoms with Crippen LogP contribution in [0.1, 0.15) is 53.9 Å². The van der Waals surface area contributed by atoms with E-state index < -0.39 is 5.54 Å². The van der Waals surface area contributed by atoms with E-state index in [4.69, 9.17) is 0 Å². The van der Waals surface area contributed by atoms with Gasteiger partial charge in [0.2, 0.25) is 11.8 Å². The molecule has 2 atom stereocenters. The molecule has 4 heteroatoms.